The molecule has 180 valence electrons. The van der Waals surface area contributed by atoms with Crippen LogP contribution in [0, 0.1) is 0 Å². The molecular weight excluding hydrogens is 468 g/mol. The van der Waals surface area contributed by atoms with Crippen molar-refractivity contribution in [3.63, 3.8) is 0 Å². The monoisotopic (exact) mass is 498 g/mol. The highest BCUT2D eigenvalue weighted by atomic mass is 32.2. The molecule has 3 rings (SSSR count). The lowest BCUT2D eigenvalue weighted by atomic mass is 10.2. The molecule has 0 fully saturated rings. The molecule has 0 radical (unpaired) electrons. The van der Waals surface area contributed by atoms with Gasteiger partial charge in [0.15, 0.2) is 0 Å². The Balaban J connectivity index is 1.45. The first-order chi connectivity index (χ1) is 16.4. The zero-order valence-electron chi connectivity index (χ0n) is 19.2. The highest BCUT2D eigenvalue weighted by molar-refractivity contribution is 7.98. The van der Waals surface area contributed by atoms with Crippen molar-refractivity contribution in [1.29, 1.82) is 0 Å². The molecule has 8 heteroatoms. The SMILES string of the molecule is CS(=O)(=O)N(CC(=O)NCCCSCc1ccccc1)c1ccc(OCc2ccccc2)cc1. The van der Waals surface area contributed by atoms with Gasteiger partial charge in [-0.1, -0.05) is 60.7 Å². The molecule has 0 aromatic heterocycles. The van der Waals surface area contributed by atoms with Gasteiger partial charge in [-0.2, -0.15) is 11.8 Å². The molecule has 0 aliphatic rings. The standard InChI is InChI=1S/C26H30N2O4S2/c1-34(30,31)28(19-26(29)27-17-8-18-33-21-23-11-6-3-7-12-23)24-13-15-25(16-14-24)32-20-22-9-4-2-5-10-22/h2-7,9-16H,8,17-21H2,1H3,(H,27,29). The third-order valence-electron chi connectivity index (χ3n) is 4.96. The maximum atomic E-state index is 12.4. The summed E-state index contributed by atoms with van der Waals surface area (Å²) in [6, 6.07) is 26.7. The minimum atomic E-state index is -3.62. The van der Waals surface area contributed by atoms with Gasteiger partial charge in [0.2, 0.25) is 15.9 Å². The van der Waals surface area contributed by atoms with E-state index in [0.29, 0.717) is 24.6 Å². The molecule has 1 N–H and O–H groups in total. The van der Waals surface area contributed by atoms with E-state index in [0.717, 1.165) is 34.1 Å². The number of benzene rings is 3. The van der Waals surface area contributed by atoms with Crippen LogP contribution in [0.2, 0.25) is 0 Å². The van der Waals surface area contributed by atoms with Gasteiger partial charge in [-0.25, -0.2) is 8.42 Å². The summed E-state index contributed by atoms with van der Waals surface area (Å²) in [4.78, 5) is 12.4. The molecular formula is C26H30N2O4S2. The molecule has 34 heavy (non-hydrogen) atoms. The number of ether oxygens (including phenoxy) is 1. The average molecular weight is 499 g/mol. The second-order valence-electron chi connectivity index (χ2n) is 7.78. The minimum Gasteiger partial charge on any atom is -0.489 e. The Morgan fingerprint density at radius 1 is 0.912 bits per heavy atom. The van der Waals surface area contributed by atoms with Gasteiger partial charge in [-0.05, 0) is 47.6 Å². The molecule has 0 unspecified atom stereocenters. The molecule has 1 amide bonds. The molecule has 0 bridgehead atoms. The fraction of sp³-hybridized carbons (Fsp3) is 0.269. The highest BCUT2D eigenvalue weighted by Gasteiger charge is 2.20. The van der Waals surface area contributed by atoms with Crippen LogP contribution in [0.1, 0.15) is 17.5 Å². The number of anilines is 1. The fourth-order valence-corrected chi connectivity index (χ4v) is 4.98. The first-order valence-electron chi connectivity index (χ1n) is 11.0. The number of hydrogen-bond acceptors (Lipinski definition) is 5. The number of hydrogen-bond donors (Lipinski definition) is 1. The van der Waals surface area contributed by atoms with E-state index in [1.54, 1.807) is 24.3 Å². The second-order valence-corrected chi connectivity index (χ2v) is 10.8. The largest absolute Gasteiger partial charge is 0.489 e. The third kappa shape index (κ3) is 8.76. The van der Waals surface area contributed by atoms with Crippen molar-refractivity contribution >= 4 is 33.4 Å². The number of amides is 1. The van der Waals surface area contributed by atoms with E-state index >= 15 is 0 Å². The van der Waals surface area contributed by atoms with Crippen molar-refractivity contribution in [2.45, 2.75) is 18.8 Å². The number of nitrogens with one attached hydrogen (secondary N) is 1. The molecule has 3 aromatic rings. The van der Waals surface area contributed by atoms with E-state index in [1.165, 1.54) is 5.56 Å². The molecule has 0 atom stereocenters. The lowest BCUT2D eigenvalue weighted by molar-refractivity contribution is -0.119. The van der Waals surface area contributed by atoms with E-state index < -0.39 is 10.0 Å². The zero-order valence-corrected chi connectivity index (χ0v) is 20.9. The van der Waals surface area contributed by atoms with Crippen LogP contribution in [0.4, 0.5) is 5.69 Å². The van der Waals surface area contributed by atoms with Gasteiger partial charge in [-0.3, -0.25) is 9.10 Å². The van der Waals surface area contributed by atoms with Crippen molar-refractivity contribution in [2.24, 2.45) is 0 Å². The Bertz CT molecular complexity index is 1120. The molecule has 0 aliphatic carbocycles. The summed E-state index contributed by atoms with van der Waals surface area (Å²) in [6.07, 6.45) is 1.91. The molecule has 0 aliphatic heterocycles. The Hall–Kier alpha value is -2.97. The fourth-order valence-electron chi connectivity index (χ4n) is 3.20. The number of carbonyl (C=O) groups is 1. The maximum absolute atomic E-state index is 12.4. The Morgan fingerprint density at radius 3 is 2.15 bits per heavy atom. The van der Waals surface area contributed by atoms with Crippen LogP contribution >= 0.6 is 11.8 Å². The van der Waals surface area contributed by atoms with Crippen molar-refractivity contribution in [1.82, 2.24) is 5.32 Å². The van der Waals surface area contributed by atoms with Gasteiger partial charge in [0.05, 0.1) is 11.9 Å². The second kappa shape index (κ2) is 13.1. The van der Waals surface area contributed by atoms with Gasteiger partial charge < -0.3 is 10.1 Å². The van der Waals surface area contributed by atoms with E-state index in [1.807, 2.05) is 60.3 Å². The van der Waals surface area contributed by atoms with Crippen LogP contribution in [0.15, 0.2) is 84.9 Å². The Morgan fingerprint density at radius 2 is 1.53 bits per heavy atom. The van der Waals surface area contributed by atoms with Crippen LogP contribution < -0.4 is 14.4 Å². The Labute approximate surface area is 206 Å². The predicted octanol–water partition coefficient (Wildman–Crippen LogP) is 4.47. The summed E-state index contributed by atoms with van der Waals surface area (Å²) in [5, 5.41) is 2.82. The van der Waals surface area contributed by atoms with Crippen molar-refractivity contribution < 1.29 is 17.9 Å². The first-order valence-corrected chi connectivity index (χ1v) is 14.0. The van der Waals surface area contributed by atoms with E-state index in [2.05, 4.69) is 17.4 Å². The lowest BCUT2D eigenvalue weighted by Crippen LogP contribution is -2.40. The average Bonchev–Trinajstić information content (AvgIpc) is 2.84. The molecule has 0 saturated heterocycles. The van der Waals surface area contributed by atoms with Gasteiger partial charge in [0, 0.05) is 12.3 Å². The summed E-state index contributed by atoms with van der Waals surface area (Å²) in [5.74, 6) is 2.14. The van der Waals surface area contributed by atoms with E-state index in [9.17, 15) is 13.2 Å². The van der Waals surface area contributed by atoms with Crippen LogP contribution in [-0.4, -0.2) is 39.4 Å². The van der Waals surface area contributed by atoms with Gasteiger partial charge in [0.25, 0.3) is 0 Å². The third-order valence-corrected chi connectivity index (χ3v) is 7.22. The number of sulfonamides is 1. The van der Waals surface area contributed by atoms with Gasteiger partial charge >= 0.3 is 0 Å². The normalized spacial score (nSPS) is 11.1. The van der Waals surface area contributed by atoms with Crippen molar-refractivity contribution in [3.8, 4) is 5.75 Å². The topological polar surface area (TPSA) is 75.7 Å². The predicted molar refractivity (Wildman–Crippen MR) is 140 cm³/mol. The number of rotatable bonds is 13. The van der Waals surface area contributed by atoms with E-state index in [-0.39, 0.29) is 12.5 Å². The summed E-state index contributed by atoms with van der Waals surface area (Å²) >= 11 is 1.81. The quantitative estimate of drug-likeness (QED) is 0.352. The van der Waals surface area contributed by atoms with Crippen LogP contribution in [0.5, 0.6) is 5.75 Å². The Kier molecular flexibility index (Phi) is 9.85. The summed E-state index contributed by atoms with van der Waals surface area (Å²) in [7, 11) is -3.62. The lowest BCUT2D eigenvalue weighted by Gasteiger charge is -2.22. The number of carbonyl (C=O) groups excluding carboxylic acids is 1. The summed E-state index contributed by atoms with van der Waals surface area (Å²) in [5.41, 5.74) is 2.74. The molecule has 6 nitrogen and oxygen atoms in total. The number of nitrogens with zero attached hydrogens (tertiary/aromatic N) is 1. The van der Waals surface area contributed by atoms with Crippen molar-refractivity contribution in [3.05, 3.63) is 96.1 Å². The highest BCUT2D eigenvalue weighted by Crippen LogP contribution is 2.22. The first kappa shape index (κ1) is 25.6. The summed E-state index contributed by atoms with van der Waals surface area (Å²) < 4.78 is 31.5. The summed E-state index contributed by atoms with van der Waals surface area (Å²) in [6.45, 7) is 0.659. The molecule has 0 spiro atoms. The minimum absolute atomic E-state index is 0.264. The smallest absolute Gasteiger partial charge is 0.240 e. The van der Waals surface area contributed by atoms with Crippen LogP contribution in [-0.2, 0) is 27.2 Å². The van der Waals surface area contributed by atoms with Crippen LogP contribution in [0.25, 0.3) is 0 Å². The number of thioether (sulfide) groups is 1. The van der Waals surface area contributed by atoms with Gasteiger partial charge in [0.1, 0.15) is 18.9 Å². The van der Waals surface area contributed by atoms with E-state index in [4.69, 9.17) is 4.74 Å². The molecule has 0 heterocycles. The van der Waals surface area contributed by atoms with Crippen LogP contribution in [0.3, 0.4) is 0 Å². The maximum Gasteiger partial charge on any atom is 0.240 e. The van der Waals surface area contributed by atoms with Gasteiger partial charge in [-0.15, -0.1) is 0 Å². The zero-order chi connectivity index (χ0) is 24.2. The van der Waals surface area contributed by atoms with Crippen molar-refractivity contribution in [2.75, 3.05) is 29.4 Å². The molecule has 0 saturated carbocycles. The molecule has 3 aromatic carbocycles.